The van der Waals surface area contributed by atoms with Crippen LogP contribution in [0.15, 0.2) is 18.3 Å². The number of rotatable bonds is 5. The summed E-state index contributed by atoms with van der Waals surface area (Å²) in [6.07, 6.45) is 6.08. The maximum absolute atomic E-state index is 10.2. The number of pyridine rings is 1. The van der Waals surface area contributed by atoms with E-state index in [-0.39, 0.29) is 5.60 Å². The lowest BCUT2D eigenvalue weighted by molar-refractivity contribution is -0.148. The Hall–Kier alpha value is -0.930. The van der Waals surface area contributed by atoms with Crippen molar-refractivity contribution in [2.75, 3.05) is 7.11 Å². The van der Waals surface area contributed by atoms with Crippen LogP contribution in [0.2, 0.25) is 0 Å². The second kappa shape index (κ2) is 5.15. The molecular weight excluding hydrogens is 214 g/mol. The smallest absolute Gasteiger partial charge is 0.0940 e. The molecule has 1 unspecified atom stereocenters. The molecule has 1 atom stereocenters. The summed E-state index contributed by atoms with van der Waals surface area (Å²) >= 11 is 0. The summed E-state index contributed by atoms with van der Waals surface area (Å²) in [7, 11) is 1.69. The average molecular weight is 235 g/mol. The van der Waals surface area contributed by atoms with E-state index >= 15 is 0 Å². The summed E-state index contributed by atoms with van der Waals surface area (Å²) in [5.74, 6) is 0. The van der Waals surface area contributed by atoms with Gasteiger partial charge in [-0.05, 0) is 37.3 Å². The van der Waals surface area contributed by atoms with Gasteiger partial charge in [0.25, 0.3) is 0 Å². The Morgan fingerprint density at radius 2 is 2.24 bits per heavy atom. The molecule has 94 valence electrons. The molecule has 3 nitrogen and oxygen atoms in total. The van der Waals surface area contributed by atoms with Crippen LogP contribution in [-0.2, 0) is 17.6 Å². The minimum atomic E-state index is -0.443. The highest BCUT2D eigenvalue weighted by molar-refractivity contribution is 5.15. The number of hydrogen-bond donors (Lipinski definition) is 1. The number of nitrogens with zero attached hydrogens (tertiary/aromatic N) is 1. The van der Waals surface area contributed by atoms with Gasteiger partial charge < -0.3 is 9.84 Å². The van der Waals surface area contributed by atoms with E-state index in [1.165, 1.54) is 5.56 Å². The van der Waals surface area contributed by atoms with Gasteiger partial charge in [0.1, 0.15) is 0 Å². The van der Waals surface area contributed by atoms with Crippen LogP contribution < -0.4 is 0 Å². The predicted octanol–water partition coefficient (Wildman–Crippen LogP) is 2.12. The first kappa shape index (κ1) is 12.5. The molecule has 0 radical (unpaired) electrons. The van der Waals surface area contributed by atoms with E-state index in [1.807, 2.05) is 12.3 Å². The number of aryl methyl sites for hydroxylation is 1. The maximum atomic E-state index is 10.2. The molecule has 0 spiro atoms. The van der Waals surface area contributed by atoms with Gasteiger partial charge in [-0.1, -0.05) is 13.0 Å². The monoisotopic (exact) mass is 235 g/mol. The minimum Gasteiger partial charge on any atom is -0.390 e. The molecule has 1 saturated carbocycles. The minimum absolute atomic E-state index is 0.314. The van der Waals surface area contributed by atoms with Crippen molar-refractivity contribution in [3.8, 4) is 0 Å². The predicted molar refractivity (Wildman–Crippen MR) is 66.9 cm³/mol. The van der Waals surface area contributed by atoms with Crippen molar-refractivity contribution in [2.45, 2.75) is 50.7 Å². The molecule has 1 aliphatic carbocycles. The van der Waals surface area contributed by atoms with E-state index < -0.39 is 6.10 Å². The fourth-order valence-corrected chi connectivity index (χ4v) is 2.37. The number of aromatic nitrogens is 1. The average Bonchev–Trinajstić information content (AvgIpc) is 2.29. The molecule has 1 N–H and O–H groups in total. The molecule has 1 aromatic heterocycles. The van der Waals surface area contributed by atoms with Crippen molar-refractivity contribution in [3.05, 3.63) is 29.6 Å². The van der Waals surface area contributed by atoms with Crippen LogP contribution in [0.3, 0.4) is 0 Å². The molecule has 3 heteroatoms. The molecule has 1 aliphatic rings. The molecule has 0 aromatic carbocycles. The number of methoxy groups -OCH3 is 1. The molecule has 1 aromatic rings. The van der Waals surface area contributed by atoms with Gasteiger partial charge in [-0.2, -0.15) is 0 Å². The molecule has 2 rings (SSSR count). The molecule has 0 saturated heterocycles. The number of aliphatic hydroxyl groups is 1. The van der Waals surface area contributed by atoms with Crippen LogP contribution in [0.4, 0.5) is 0 Å². The van der Waals surface area contributed by atoms with Gasteiger partial charge in [0.05, 0.1) is 11.7 Å². The van der Waals surface area contributed by atoms with E-state index in [4.69, 9.17) is 4.74 Å². The zero-order valence-electron chi connectivity index (χ0n) is 10.6. The lowest BCUT2D eigenvalue weighted by Crippen LogP contribution is -2.50. The Labute approximate surface area is 103 Å². The molecule has 1 heterocycles. The highest BCUT2D eigenvalue weighted by Crippen LogP contribution is 2.38. The fraction of sp³-hybridized carbons (Fsp3) is 0.643. The molecule has 1 fully saturated rings. The molecule has 17 heavy (non-hydrogen) atoms. The zero-order valence-corrected chi connectivity index (χ0v) is 10.6. The largest absolute Gasteiger partial charge is 0.390 e. The number of hydrogen-bond acceptors (Lipinski definition) is 3. The first-order valence-corrected chi connectivity index (χ1v) is 6.37. The molecule has 0 amide bonds. The van der Waals surface area contributed by atoms with E-state index in [9.17, 15) is 5.11 Å². The second-order valence-corrected chi connectivity index (χ2v) is 4.85. The van der Waals surface area contributed by atoms with E-state index in [2.05, 4.69) is 18.0 Å². The van der Waals surface area contributed by atoms with Gasteiger partial charge in [0.15, 0.2) is 0 Å². The van der Waals surface area contributed by atoms with E-state index in [0.29, 0.717) is 6.42 Å². The summed E-state index contributed by atoms with van der Waals surface area (Å²) in [4.78, 5) is 4.38. The van der Waals surface area contributed by atoms with Crippen molar-refractivity contribution in [1.29, 1.82) is 0 Å². The summed E-state index contributed by atoms with van der Waals surface area (Å²) in [6.45, 7) is 2.11. The Kier molecular flexibility index (Phi) is 3.79. The van der Waals surface area contributed by atoms with Crippen molar-refractivity contribution in [2.24, 2.45) is 0 Å². The quantitative estimate of drug-likeness (QED) is 0.850. The van der Waals surface area contributed by atoms with Gasteiger partial charge in [-0.3, -0.25) is 4.98 Å². The first-order valence-electron chi connectivity index (χ1n) is 6.37. The molecule has 0 aliphatic heterocycles. The summed E-state index contributed by atoms with van der Waals surface area (Å²) in [6, 6.07) is 4.08. The molecular formula is C14H21NO2. The van der Waals surface area contributed by atoms with Crippen LogP contribution in [0.5, 0.6) is 0 Å². The Bertz CT molecular complexity index is 351. The first-order chi connectivity index (χ1) is 8.20. The lowest BCUT2D eigenvalue weighted by Gasteiger charge is -2.44. The number of aliphatic hydroxyl groups excluding tert-OH is 1. The second-order valence-electron chi connectivity index (χ2n) is 4.85. The third kappa shape index (κ3) is 2.50. The van der Waals surface area contributed by atoms with Gasteiger partial charge in [-0.25, -0.2) is 0 Å². The Balaban J connectivity index is 1.99. The standard InChI is InChI=1S/C14H21NO2/c1-3-11-5-6-12(15-10-11)9-13(16)14(17-2)7-4-8-14/h5-6,10,13,16H,3-4,7-9H2,1-2H3. The van der Waals surface area contributed by atoms with Crippen LogP contribution in [0.25, 0.3) is 0 Å². The van der Waals surface area contributed by atoms with Gasteiger partial charge in [-0.15, -0.1) is 0 Å². The summed E-state index contributed by atoms with van der Waals surface area (Å²) in [5, 5.41) is 10.2. The summed E-state index contributed by atoms with van der Waals surface area (Å²) < 4.78 is 5.47. The molecule has 0 bridgehead atoms. The van der Waals surface area contributed by atoms with Crippen LogP contribution in [0, 0.1) is 0 Å². The summed E-state index contributed by atoms with van der Waals surface area (Å²) in [5.41, 5.74) is 1.86. The third-order valence-electron chi connectivity index (χ3n) is 3.91. The lowest BCUT2D eigenvalue weighted by atomic mass is 9.74. The SMILES string of the molecule is CCc1ccc(CC(O)C2(OC)CCC2)nc1. The van der Waals surface area contributed by atoms with Crippen molar-refractivity contribution in [3.63, 3.8) is 0 Å². The number of ether oxygens (including phenoxy) is 1. The normalized spacial score (nSPS) is 19.7. The Morgan fingerprint density at radius 1 is 1.47 bits per heavy atom. The fourth-order valence-electron chi connectivity index (χ4n) is 2.37. The van der Waals surface area contributed by atoms with Gasteiger partial charge in [0.2, 0.25) is 0 Å². The van der Waals surface area contributed by atoms with Crippen molar-refractivity contribution >= 4 is 0 Å². The van der Waals surface area contributed by atoms with E-state index in [1.54, 1.807) is 7.11 Å². The zero-order chi connectivity index (χ0) is 12.3. The third-order valence-corrected chi connectivity index (χ3v) is 3.91. The highest BCUT2D eigenvalue weighted by atomic mass is 16.5. The van der Waals surface area contributed by atoms with Crippen LogP contribution >= 0.6 is 0 Å². The van der Waals surface area contributed by atoms with Crippen molar-refractivity contribution in [1.82, 2.24) is 4.98 Å². The topological polar surface area (TPSA) is 42.4 Å². The van der Waals surface area contributed by atoms with Crippen LogP contribution in [-0.4, -0.2) is 28.9 Å². The van der Waals surface area contributed by atoms with Crippen molar-refractivity contribution < 1.29 is 9.84 Å². The highest BCUT2D eigenvalue weighted by Gasteiger charge is 2.43. The van der Waals surface area contributed by atoms with E-state index in [0.717, 1.165) is 31.4 Å². The van der Waals surface area contributed by atoms with Crippen LogP contribution in [0.1, 0.15) is 37.4 Å². The van der Waals surface area contributed by atoms with Gasteiger partial charge >= 0.3 is 0 Å². The maximum Gasteiger partial charge on any atom is 0.0940 e. The van der Waals surface area contributed by atoms with Gasteiger partial charge in [0, 0.05) is 25.4 Å². The Morgan fingerprint density at radius 3 is 2.65 bits per heavy atom.